The van der Waals surface area contributed by atoms with Gasteiger partial charge in [-0.15, -0.1) is 0 Å². The number of halogens is 1. The topological polar surface area (TPSA) is 66.4 Å². The lowest BCUT2D eigenvalue weighted by atomic mass is 10.2. The van der Waals surface area contributed by atoms with E-state index >= 15 is 0 Å². The normalized spacial score (nSPS) is 11.8. The smallest absolute Gasteiger partial charge is 0.240 e. The van der Waals surface area contributed by atoms with Crippen molar-refractivity contribution in [2.75, 3.05) is 13.2 Å². The summed E-state index contributed by atoms with van der Waals surface area (Å²) in [6.45, 7) is 3.64. The molecule has 1 aromatic rings. The molecule has 0 aliphatic carbocycles. The molecule has 0 aliphatic heterocycles. The Morgan fingerprint density at radius 3 is 2.53 bits per heavy atom. The van der Waals surface area contributed by atoms with Crippen LogP contribution in [0.4, 0.5) is 0 Å². The molecule has 0 aromatic heterocycles. The number of hydrogen-bond acceptors (Lipinski definition) is 3. The number of aliphatic hydroxyl groups is 1. The zero-order chi connectivity index (χ0) is 13.1. The van der Waals surface area contributed by atoms with Gasteiger partial charge in [-0.1, -0.05) is 11.6 Å². The molecule has 0 aliphatic rings. The standard InChI is InChI=1S/C11H16ClNO3S/c1-8-7-11(9(2)6-10(8)12)17(15,16)13-4-3-5-14/h6-7,13-14H,3-5H2,1-2H3. The quantitative estimate of drug-likeness (QED) is 0.804. The Balaban J connectivity index is 3.03. The third kappa shape index (κ3) is 3.67. The van der Waals surface area contributed by atoms with E-state index in [0.29, 0.717) is 17.0 Å². The first-order valence-electron chi connectivity index (χ1n) is 5.26. The van der Waals surface area contributed by atoms with E-state index in [0.717, 1.165) is 5.56 Å². The van der Waals surface area contributed by atoms with E-state index in [1.165, 1.54) is 0 Å². The summed E-state index contributed by atoms with van der Waals surface area (Å²) in [6.07, 6.45) is 0.394. The van der Waals surface area contributed by atoms with Crippen molar-refractivity contribution in [3.8, 4) is 0 Å². The number of nitrogens with one attached hydrogen (secondary N) is 1. The van der Waals surface area contributed by atoms with Crippen LogP contribution in [0.5, 0.6) is 0 Å². The van der Waals surface area contributed by atoms with Crippen LogP contribution in [0.25, 0.3) is 0 Å². The second-order valence-electron chi connectivity index (χ2n) is 3.84. The van der Waals surface area contributed by atoms with Crippen LogP contribution in [-0.2, 0) is 10.0 Å². The first-order valence-corrected chi connectivity index (χ1v) is 7.12. The predicted octanol–water partition coefficient (Wildman–Crippen LogP) is 1.62. The average molecular weight is 278 g/mol. The summed E-state index contributed by atoms with van der Waals surface area (Å²) >= 11 is 5.91. The van der Waals surface area contributed by atoms with Gasteiger partial charge in [0.25, 0.3) is 0 Å². The Kier molecular flexibility index (Phi) is 4.94. The van der Waals surface area contributed by atoms with E-state index in [1.807, 2.05) is 0 Å². The summed E-state index contributed by atoms with van der Waals surface area (Å²) in [5.41, 5.74) is 1.33. The van der Waals surface area contributed by atoms with Gasteiger partial charge in [0.15, 0.2) is 0 Å². The zero-order valence-electron chi connectivity index (χ0n) is 9.83. The highest BCUT2D eigenvalue weighted by Crippen LogP contribution is 2.23. The van der Waals surface area contributed by atoms with Gasteiger partial charge in [0, 0.05) is 18.2 Å². The molecule has 17 heavy (non-hydrogen) atoms. The third-order valence-corrected chi connectivity index (χ3v) is 4.38. The molecule has 0 saturated carbocycles. The van der Waals surface area contributed by atoms with E-state index < -0.39 is 10.0 Å². The maximum atomic E-state index is 12.0. The highest BCUT2D eigenvalue weighted by molar-refractivity contribution is 7.89. The van der Waals surface area contributed by atoms with Gasteiger partial charge in [0.2, 0.25) is 10.0 Å². The Bertz CT molecular complexity index is 500. The van der Waals surface area contributed by atoms with Crippen molar-refractivity contribution in [3.05, 3.63) is 28.3 Å². The molecule has 4 nitrogen and oxygen atoms in total. The van der Waals surface area contributed by atoms with Gasteiger partial charge in [0.1, 0.15) is 0 Å². The highest BCUT2D eigenvalue weighted by atomic mass is 35.5. The highest BCUT2D eigenvalue weighted by Gasteiger charge is 2.17. The van der Waals surface area contributed by atoms with E-state index in [2.05, 4.69) is 4.72 Å². The van der Waals surface area contributed by atoms with E-state index in [9.17, 15) is 8.42 Å². The largest absolute Gasteiger partial charge is 0.396 e. The van der Waals surface area contributed by atoms with Crippen LogP contribution in [-0.4, -0.2) is 26.7 Å². The molecule has 0 unspecified atom stereocenters. The number of benzene rings is 1. The molecule has 0 fully saturated rings. The Morgan fingerprint density at radius 2 is 1.94 bits per heavy atom. The van der Waals surface area contributed by atoms with Gasteiger partial charge >= 0.3 is 0 Å². The first-order chi connectivity index (χ1) is 7.88. The van der Waals surface area contributed by atoms with E-state index in [4.69, 9.17) is 16.7 Å². The molecule has 0 atom stereocenters. The van der Waals surface area contributed by atoms with Gasteiger partial charge in [-0.3, -0.25) is 0 Å². The molecule has 0 heterocycles. The fourth-order valence-electron chi connectivity index (χ4n) is 1.41. The SMILES string of the molecule is Cc1cc(S(=O)(=O)NCCCO)c(C)cc1Cl. The maximum absolute atomic E-state index is 12.0. The molecular weight excluding hydrogens is 262 g/mol. The number of rotatable bonds is 5. The molecule has 0 spiro atoms. The Hall–Kier alpha value is -0.620. The van der Waals surface area contributed by atoms with Crippen molar-refractivity contribution in [1.29, 1.82) is 0 Å². The minimum Gasteiger partial charge on any atom is -0.396 e. The van der Waals surface area contributed by atoms with Crippen molar-refractivity contribution < 1.29 is 13.5 Å². The lowest BCUT2D eigenvalue weighted by Gasteiger charge is -2.10. The molecule has 6 heteroatoms. The molecule has 0 radical (unpaired) electrons. The summed E-state index contributed by atoms with van der Waals surface area (Å²) in [5, 5.41) is 9.17. The molecule has 0 bridgehead atoms. The summed E-state index contributed by atoms with van der Waals surface area (Å²) in [5.74, 6) is 0. The summed E-state index contributed by atoms with van der Waals surface area (Å²) in [6, 6.07) is 3.19. The summed E-state index contributed by atoms with van der Waals surface area (Å²) < 4.78 is 26.3. The number of sulfonamides is 1. The minimum atomic E-state index is -3.52. The van der Waals surface area contributed by atoms with E-state index in [1.54, 1.807) is 26.0 Å². The first kappa shape index (κ1) is 14.4. The lowest BCUT2D eigenvalue weighted by molar-refractivity contribution is 0.289. The minimum absolute atomic E-state index is 0.0405. The van der Waals surface area contributed by atoms with Crippen molar-refractivity contribution >= 4 is 21.6 Å². The number of aliphatic hydroxyl groups excluding tert-OH is 1. The molecule has 1 rings (SSSR count). The monoisotopic (exact) mass is 277 g/mol. The zero-order valence-corrected chi connectivity index (χ0v) is 11.4. The molecular formula is C11H16ClNO3S. The van der Waals surface area contributed by atoms with Gasteiger partial charge in [0.05, 0.1) is 4.90 Å². The number of hydrogen-bond donors (Lipinski definition) is 2. The van der Waals surface area contributed by atoms with Gasteiger partial charge in [-0.25, -0.2) is 13.1 Å². The molecule has 96 valence electrons. The van der Waals surface area contributed by atoms with Crippen LogP contribution >= 0.6 is 11.6 Å². The molecule has 0 amide bonds. The molecule has 0 saturated heterocycles. The summed E-state index contributed by atoms with van der Waals surface area (Å²) in [7, 11) is -3.52. The average Bonchev–Trinajstić information content (AvgIpc) is 2.23. The van der Waals surface area contributed by atoms with Gasteiger partial charge in [-0.05, 0) is 43.5 Å². The predicted molar refractivity (Wildman–Crippen MR) is 67.8 cm³/mol. The van der Waals surface area contributed by atoms with Crippen molar-refractivity contribution in [2.45, 2.75) is 25.2 Å². The second-order valence-corrected chi connectivity index (χ2v) is 5.98. The maximum Gasteiger partial charge on any atom is 0.240 e. The number of aryl methyl sites for hydroxylation is 2. The van der Waals surface area contributed by atoms with Crippen molar-refractivity contribution in [2.24, 2.45) is 0 Å². The fourth-order valence-corrected chi connectivity index (χ4v) is 3.01. The van der Waals surface area contributed by atoms with Crippen LogP contribution < -0.4 is 4.72 Å². The van der Waals surface area contributed by atoms with Gasteiger partial charge < -0.3 is 5.11 Å². The lowest BCUT2D eigenvalue weighted by Crippen LogP contribution is -2.26. The van der Waals surface area contributed by atoms with Crippen LogP contribution in [0.3, 0.4) is 0 Å². The molecule has 2 N–H and O–H groups in total. The van der Waals surface area contributed by atoms with Gasteiger partial charge in [-0.2, -0.15) is 0 Å². The Morgan fingerprint density at radius 1 is 1.29 bits per heavy atom. The molecule has 1 aromatic carbocycles. The van der Waals surface area contributed by atoms with E-state index in [-0.39, 0.29) is 18.0 Å². The van der Waals surface area contributed by atoms with Crippen LogP contribution in [0.2, 0.25) is 5.02 Å². The van der Waals surface area contributed by atoms with Crippen LogP contribution in [0, 0.1) is 13.8 Å². The van der Waals surface area contributed by atoms with Crippen LogP contribution in [0.1, 0.15) is 17.5 Å². The Labute approximate surface area is 107 Å². The van der Waals surface area contributed by atoms with Crippen molar-refractivity contribution in [1.82, 2.24) is 4.72 Å². The van der Waals surface area contributed by atoms with Crippen LogP contribution in [0.15, 0.2) is 17.0 Å². The fraction of sp³-hybridized carbons (Fsp3) is 0.455. The second kappa shape index (κ2) is 5.82. The summed E-state index contributed by atoms with van der Waals surface area (Å²) in [4.78, 5) is 0.234. The van der Waals surface area contributed by atoms with Crippen molar-refractivity contribution in [3.63, 3.8) is 0 Å². The third-order valence-electron chi connectivity index (χ3n) is 2.37.